The third-order valence-electron chi connectivity index (χ3n) is 2.39. The number of carbonyl (C=O) groups is 1. The van der Waals surface area contributed by atoms with Crippen molar-refractivity contribution in [3.8, 4) is 0 Å². The standard InChI is InChI=1S/C12H16FNO2/c1-2-14(9-3-4-12(15)16)11-7-5-10(13)6-8-11/h5-8H,2-4,9H2,1H3,(H,15,16). The summed E-state index contributed by atoms with van der Waals surface area (Å²) in [5, 5.41) is 8.54. The Balaban J connectivity index is 2.53. The van der Waals surface area contributed by atoms with Crippen LogP contribution in [-0.4, -0.2) is 24.2 Å². The van der Waals surface area contributed by atoms with Crippen molar-refractivity contribution in [2.24, 2.45) is 0 Å². The van der Waals surface area contributed by atoms with Crippen LogP contribution in [0, 0.1) is 5.82 Å². The molecule has 0 aliphatic heterocycles. The summed E-state index contributed by atoms with van der Waals surface area (Å²) in [4.78, 5) is 12.4. The SMILES string of the molecule is CCN(CCCC(=O)O)c1ccc(F)cc1. The predicted molar refractivity (Wildman–Crippen MR) is 61.2 cm³/mol. The highest BCUT2D eigenvalue weighted by Gasteiger charge is 2.05. The van der Waals surface area contributed by atoms with Crippen molar-refractivity contribution < 1.29 is 14.3 Å². The smallest absolute Gasteiger partial charge is 0.303 e. The lowest BCUT2D eigenvalue weighted by atomic mass is 10.2. The van der Waals surface area contributed by atoms with Gasteiger partial charge < -0.3 is 10.0 Å². The van der Waals surface area contributed by atoms with Gasteiger partial charge in [0.05, 0.1) is 0 Å². The van der Waals surface area contributed by atoms with Crippen LogP contribution in [0.2, 0.25) is 0 Å². The molecule has 0 atom stereocenters. The second-order valence-corrected chi connectivity index (χ2v) is 3.55. The Kier molecular flexibility index (Phi) is 4.76. The van der Waals surface area contributed by atoms with Crippen LogP contribution in [0.4, 0.5) is 10.1 Å². The monoisotopic (exact) mass is 225 g/mol. The van der Waals surface area contributed by atoms with Crippen LogP contribution in [0.25, 0.3) is 0 Å². The summed E-state index contributed by atoms with van der Waals surface area (Å²) in [5.74, 6) is -1.04. The van der Waals surface area contributed by atoms with E-state index in [9.17, 15) is 9.18 Å². The fourth-order valence-electron chi connectivity index (χ4n) is 1.54. The lowest BCUT2D eigenvalue weighted by Crippen LogP contribution is -2.24. The fourth-order valence-corrected chi connectivity index (χ4v) is 1.54. The number of hydrogen-bond acceptors (Lipinski definition) is 2. The highest BCUT2D eigenvalue weighted by Crippen LogP contribution is 2.15. The van der Waals surface area contributed by atoms with E-state index in [0.717, 1.165) is 12.2 Å². The van der Waals surface area contributed by atoms with Crippen LogP contribution in [-0.2, 0) is 4.79 Å². The van der Waals surface area contributed by atoms with E-state index in [1.807, 2.05) is 11.8 Å². The Morgan fingerprint density at radius 1 is 1.38 bits per heavy atom. The number of halogens is 1. The van der Waals surface area contributed by atoms with E-state index in [-0.39, 0.29) is 12.2 Å². The topological polar surface area (TPSA) is 40.5 Å². The minimum absolute atomic E-state index is 0.164. The Bertz CT molecular complexity index is 337. The number of rotatable bonds is 6. The number of anilines is 1. The summed E-state index contributed by atoms with van der Waals surface area (Å²) in [5.41, 5.74) is 0.925. The van der Waals surface area contributed by atoms with Crippen LogP contribution in [0.3, 0.4) is 0 Å². The van der Waals surface area contributed by atoms with E-state index >= 15 is 0 Å². The van der Waals surface area contributed by atoms with E-state index in [0.29, 0.717) is 13.0 Å². The highest BCUT2D eigenvalue weighted by atomic mass is 19.1. The molecule has 1 rings (SSSR count). The van der Waals surface area contributed by atoms with Crippen LogP contribution in [0.5, 0.6) is 0 Å². The fraction of sp³-hybridized carbons (Fsp3) is 0.417. The first-order valence-electron chi connectivity index (χ1n) is 5.35. The number of carboxylic acids is 1. The second kappa shape index (κ2) is 6.10. The van der Waals surface area contributed by atoms with Crippen LogP contribution in [0.1, 0.15) is 19.8 Å². The van der Waals surface area contributed by atoms with Gasteiger partial charge in [0.25, 0.3) is 0 Å². The van der Waals surface area contributed by atoms with E-state index < -0.39 is 5.97 Å². The van der Waals surface area contributed by atoms with Crippen LogP contribution < -0.4 is 4.90 Å². The lowest BCUT2D eigenvalue weighted by Gasteiger charge is -2.22. The molecule has 0 aliphatic carbocycles. The zero-order valence-electron chi connectivity index (χ0n) is 9.32. The van der Waals surface area contributed by atoms with Gasteiger partial charge in [-0.3, -0.25) is 4.79 Å². The van der Waals surface area contributed by atoms with Crippen molar-refractivity contribution in [3.63, 3.8) is 0 Å². The molecule has 3 nitrogen and oxygen atoms in total. The van der Waals surface area contributed by atoms with Gasteiger partial charge in [-0.2, -0.15) is 0 Å². The largest absolute Gasteiger partial charge is 0.481 e. The van der Waals surface area contributed by atoms with E-state index in [1.54, 1.807) is 12.1 Å². The third kappa shape index (κ3) is 3.88. The summed E-state index contributed by atoms with van der Waals surface area (Å²) in [6.45, 7) is 3.45. The van der Waals surface area contributed by atoms with Gasteiger partial charge in [-0.1, -0.05) is 0 Å². The van der Waals surface area contributed by atoms with Crippen molar-refractivity contribution in [1.82, 2.24) is 0 Å². The molecule has 0 bridgehead atoms. The van der Waals surface area contributed by atoms with Gasteiger partial charge in [-0.25, -0.2) is 4.39 Å². The number of benzene rings is 1. The normalized spacial score (nSPS) is 10.1. The molecule has 0 amide bonds. The maximum absolute atomic E-state index is 12.7. The van der Waals surface area contributed by atoms with Crippen LogP contribution in [0.15, 0.2) is 24.3 Å². The quantitative estimate of drug-likeness (QED) is 0.808. The zero-order valence-corrected chi connectivity index (χ0v) is 9.32. The van der Waals surface area contributed by atoms with E-state index in [1.165, 1.54) is 12.1 Å². The zero-order chi connectivity index (χ0) is 12.0. The van der Waals surface area contributed by atoms with Gasteiger partial charge >= 0.3 is 5.97 Å². The first-order chi connectivity index (χ1) is 7.63. The number of nitrogens with zero attached hydrogens (tertiary/aromatic N) is 1. The summed E-state index contributed by atoms with van der Waals surface area (Å²) < 4.78 is 12.7. The summed E-state index contributed by atoms with van der Waals surface area (Å²) >= 11 is 0. The van der Waals surface area contributed by atoms with Crippen molar-refractivity contribution in [2.45, 2.75) is 19.8 Å². The number of aliphatic carboxylic acids is 1. The average Bonchev–Trinajstić information content (AvgIpc) is 2.26. The predicted octanol–water partition coefficient (Wildman–Crippen LogP) is 2.52. The molecule has 88 valence electrons. The molecule has 1 aromatic carbocycles. The maximum atomic E-state index is 12.7. The molecule has 4 heteroatoms. The van der Waals surface area contributed by atoms with Gasteiger partial charge in [0, 0.05) is 25.2 Å². The van der Waals surface area contributed by atoms with Gasteiger partial charge in [0.1, 0.15) is 5.82 Å². The van der Waals surface area contributed by atoms with Crippen molar-refractivity contribution in [3.05, 3.63) is 30.1 Å². The molecule has 0 saturated carbocycles. The Morgan fingerprint density at radius 2 is 2.00 bits per heavy atom. The molecular weight excluding hydrogens is 209 g/mol. The van der Waals surface area contributed by atoms with E-state index in [2.05, 4.69) is 0 Å². The molecule has 0 aliphatic rings. The summed E-state index contributed by atoms with van der Waals surface area (Å²) in [6, 6.07) is 6.24. The van der Waals surface area contributed by atoms with Crippen molar-refractivity contribution >= 4 is 11.7 Å². The van der Waals surface area contributed by atoms with Crippen molar-refractivity contribution in [1.29, 1.82) is 0 Å². The van der Waals surface area contributed by atoms with Gasteiger partial charge in [0.2, 0.25) is 0 Å². The molecule has 0 fully saturated rings. The summed E-state index contributed by atoms with van der Waals surface area (Å²) in [6.07, 6.45) is 0.762. The third-order valence-corrected chi connectivity index (χ3v) is 2.39. The molecule has 0 saturated heterocycles. The van der Waals surface area contributed by atoms with Gasteiger partial charge in [-0.05, 0) is 37.6 Å². The first kappa shape index (κ1) is 12.5. The molecule has 1 N–H and O–H groups in total. The molecule has 0 heterocycles. The number of carboxylic acid groups (broad SMARTS) is 1. The van der Waals surface area contributed by atoms with Gasteiger partial charge in [0.15, 0.2) is 0 Å². The maximum Gasteiger partial charge on any atom is 0.303 e. The molecule has 0 aromatic heterocycles. The molecular formula is C12H16FNO2. The van der Waals surface area contributed by atoms with E-state index in [4.69, 9.17) is 5.11 Å². The Labute approximate surface area is 94.5 Å². The average molecular weight is 225 g/mol. The number of hydrogen-bond donors (Lipinski definition) is 1. The van der Waals surface area contributed by atoms with Crippen LogP contribution >= 0.6 is 0 Å². The highest BCUT2D eigenvalue weighted by molar-refractivity contribution is 5.66. The minimum Gasteiger partial charge on any atom is -0.481 e. The lowest BCUT2D eigenvalue weighted by molar-refractivity contribution is -0.137. The second-order valence-electron chi connectivity index (χ2n) is 3.55. The Morgan fingerprint density at radius 3 is 2.50 bits per heavy atom. The molecule has 0 unspecified atom stereocenters. The Hall–Kier alpha value is -1.58. The minimum atomic E-state index is -0.782. The first-order valence-corrected chi connectivity index (χ1v) is 5.35. The molecule has 1 aromatic rings. The van der Waals surface area contributed by atoms with Gasteiger partial charge in [-0.15, -0.1) is 0 Å². The molecule has 0 radical (unpaired) electrons. The molecule has 16 heavy (non-hydrogen) atoms. The van der Waals surface area contributed by atoms with Crippen molar-refractivity contribution in [2.75, 3.05) is 18.0 Å². The molecule has 0 spiro atoms. The summed E-state index contributed by atoms with van der Waals surface area (Å²) in [7, 11) is 0.